The average molecular weight is 202 g/mol. The van der Waals surface area contributed by atoms with Crippen LogP contribution in [0.15, 0.2) is 6.07 Å². The number of aryl methyl sites for hydroxylation is 2. The van der Waals surface area contributed by atoms with Gasteiger partial charge in [-0.2, -0.15) is 0 Å². The normalized spacial score (nSPS) is 18.1. The van der Waals surface area contributed by atoms with E-state index in [4.69, 9.17) is 0 Å². The van der Waals surface area contributed by atoms with Gasteiger partial charge in [0.25, 0.3) is 0 Å². The molecule has 0 aromatic heterocycles. The molecule has 0 spiro atoms. The third-order valence-corrected chi connectivity index (χ3v) is 3.63. The fourth-order valence-electron chi connectivity index (χ4n) is 2.57. The molecule has 1 aliphatic rings. The van der Waals surface area contributed by atoms with Crippen molar-refractivity contribution >= 4 is 5.78 Å². The molecule has 0 amide bonds. The molecule has 2 rings (SSSR count). The summed E-state index contributed by atoms with van der Waals surface area (Å²) < 4.78 is 0. The van der Waals surface area contributed by atoms with Gasteiger partial charge in [-0.15, -0.1) is 0 Å². The number of hydrogen-bond acceptors (Lipinski definition) is 1. The molecule has 1 heteroatoms. The number of ketones is 1. The van der Waals surface area contributed by atoms with E-state index in [1.54, 1.807) is 0 Å². The topological polar surface area (TPSA) is 17.1 Å². The molecule has 0 fully saturated rings. The Kier molecular flexibility index (Phi) is 2.04. The van der Waals surface area contributed by atoms with Crippen LogP contribution in [0.3, 0.4) is 0 Å². The van der Waals surface area contributed by atoms with Crippen LogP contribution >= 0.6 is 0 Å². The fourth-order valence-corrected chi connectivity index (χ4v) is 2.57. The summed E-state index contributed by atoms with van der Waals surface area (Å²) in [4.78, 5) is 12.2. The Bertz CT molecular complexity index is 453. The summed E-state index contributed by atoms with van der Waals surface area (Å²) in [6.45, 7) is 10.4. The molecule has 0 radical (unpaired) electrons. The lowest BCUT2D eigenvalue weighted by Gasteiger charge is -2.13. The van der Waals surface area contributed by atoms with Gasteiger partial charge in [-0.3, -0.25) is 4.79 Å². The van der Waals surface area contributed by atoms with E-state index in [-0.39, 0.29) is 5.41 Å². The highest BCUT2D eigenvalue weighted by molar-refractivity contribution is 6.06. The minimum Gasteiger partial charge on any atom is -0.294 e. The summed E-state index contributed by atoms with van der Waals surface area (Å²) in [5, 5.41) is 0. The van der Waals surface area contributed by atoms with Crippen LogP contribution in [0.5, 0.6) is 0 Å². The van der Waals surface area contributed by atoms with Gasteiger partial charge < -0.3 is 0 Å². The third kappa shape index (κ3) is 1.33. The smallest absolute Gasteiger partial charge is 0.169 e. The van der Waals surface area contributed by atoms with Crippen LogP contribution in [0, 0.1) is 26.2 Å². The van der Waals surface area contributed by atoms with Crippen molar-refractivity contribution in [2.24, 2.45) is 5.41 Å². The quantitative estimate of drug-likeness (QED) is 0.630. The number of carbonyl (C=O) groups excluding carboxylic acids is 1. The Morgan fingerprint density at radius 1 is 1.13 bits per heavy atom. The molecule has 1 nitrogen and oxygen atoms in total. The van der Waals surface area contributed by atoms with E-state index >= 15 is 0 Å². The first-order valence-corrected chi connectivity index (χ1v) is 5.49. The minimum absolute atomic E-state index is 0.203. The van der Waals surface area contributed by atoms with E-state index < -0.39 is 0 Å². The minimum atomic E-state index is -0.203. The van der Waals surface area contributed by atoms with Crippen molar-refractivity contribution in [2.75, 3.05) is 0 Å². The molecule has 1 aromatic rings. The second-order valence-electron chi connectivity index (χ2n) is 5.38. The number of rotatable bonds is 0. The highest BCUT2D eigenvalue weighted by Crippen LogP contribution is 2.40. The lowest BCUT2D eigenvalue weighted by Crippen LogP contribution is -2.19. The van der Waals surface area contributed by atoms with Crippen molar-refractivity contribution in [3.63, 3.8) is 0 Å². The molecule has 0 atom stereocenters. The van der Waals surface area contributed by atoms with Gasteiger partial charge >= 0.3 is 0 Å². The summed E-state index contributed by atoms with van der Waals surface area (Å²) in [6.07, 6.45) is 0.898. The Balaban J connectivity index is 2.74. The Labute approximate surface area is 91.5 Å². The maximum atomic E-state index is 12.2. The van der Waals surface area contributed by atoms with Gasteiger partial charge in [0.2, 0.25) is 0 Å². The maximum absolute atomic E-state index is 12.2. The molecule has 0 saturated carbocycles. The molecule has 0 unspecified atom stereocenters. The monoisotopic (exact) mass is 202 g/mol. The second-order valence-corrected chi connectivity index (χ2v) is 5.38. The molecule has 80 valence electrons. The summed E-state index contributed by atoms with van der Waals surface area (Å²) >= 11 is 0. The van der Waals surface area contributed by atoms with E-state index in [1.807, 2.05) is 20.8 Å². The molecule has 0 heterocycles. The van der Waals surface area contributed by atoms with Crippen molar-refractivity contribution in [1.82, 2.24) is 0 Å². The highest BCUT2D eigenvalue weighted by Gasteiger charge is 2.39. The molecule has 0 N–H and O–H groups in total. The SMILES string of the molecule is Cc1cc(C)c2c(c1C)CC(C)(C)C2=O. The van der Waals surface area contributed by atoms with Gasteiger partial charge in [-0.25, -0.2) is 0 Å². The van der Waals surface area contributed by atoms with E-state index in [0.717, 1.165) is 17.5 Å². The van der Waals surface area contributed by atoms with Gasteiger partial charge in [-0.1, -0.05) is 19.9 Å². The zero-order valence-corrected chi connectivity index (χ0v) is 10.2. The lowest BCUT2D eigenvalue weighted by atomic mass is 9.88. The molecule has 15 heavy (non-hydrogen) atoms. The first kappa shape index (κ1) is 10.4. The largest absolute Gasteiger partial charge is 0.294 e. The van der Waals surface area contributed by atoms with Gasteiger partial charge in [0.15, 0.2) is 5.78 Å². The molecule has 0 bridgehead atoms. The van der Waals surface area contributed by atoms with Crippen molar-refractivity contribution in [1.29, 1.82) is 0 Å². The van der Waals surface area contributed by atoms with Crippen molar-refractivity contribution < 1.29 is 4.79 Å². The predicted octanol–water partition coefficient (Wildman–Crippen LogP) is 3.38. The zero-order valence-electron chi connectivity index (χ0n) is 10.2. The van der Waals surface area contributed by atoms with Crippen LogP contribution < -0.4 is 0 Å². The number of carbonyl (C=O) groups is 1. The first-order valence-electron chi connectivity index (χ1n) is 5.49. The summed E-state index contributed by atoms with van der Waals surface area (Å²) in [7, 11) is 0. The molecule has 1 aromatic carbocycles. The van der Waals surface area contributed by atoms with Crippen LogP contribution in [-0.4, -0.2) is 5.78 Å². The summed E-state index contributed by atoms with van der Waals surface area (Å²) in [6, 6.07) is 2.13. The van der Waals surface area contributed by atoms with Crippen LogP contribution in [0.1, 0.15) is 46.5 Å². The number of Topliss-reactive ketones (excluding diaryl/α,β-unsaturated/α-hetero) is 1. The summed E-state index contributed by atoms with van der Waals surface area (Å²) in [5.74, 6) is 0.318. The van der Waals surface area contributed by atoms with Crippen LogP contribution in [0.25, 0.3) is 0 Å². The van der Waals surface area contributed by atoms with Gasteiger partial charge in [0.1, 0.15) is 0 Å². The Morgan fingerprint density at radius 3 is 2.33 bits per heavy atom. The first-order chi connectivity index (χ1) is 6.84. The Morgan fingerprint density at radius 2 is 1.73 bits per heavy atom. The molecular weight excluding hydrogens is 184 g/mol. The molecule has 1 aliphatic carbocycles. The molecule has 0 aliphatic heterocycles. The van der Waals surface area contributed by atoms with Gasteiger partial charge in [0, 0.05) is 11.0 Å². The molecule has 0 saturated heterocycles. The van der Waals surface area contributed by atoms with E-state index in [0.29, 0.717) is 5.78 Å². The van der Waals surface area contributed by atoms with Crippen molar-refractivity contribution in [3.8, 4) is 0 Å². The van der Waals surface area contributed by atoms with Gasteiger partial charge in [0.05, 0.1) is 0 Å². The lowest BCUT2D eigenvalue weighted by molar-refractivity contribution is 0.0863. The molecular formula is C14H18O. The fraction of sp³-hybridized carbons (Fsp3) is 0.500. The number of benzene rings is 1. The van der Waals surface area contributed by atoms with Crippen molar-refractivity contribution in [3.05, 3.63) is 33.9 Å². The van der Waals surface area contributed by atoms with Gasteiger partial charge in [-0.05, 0) is 49.4 Å². The third-order valence-electron chi connectivity index (χ3n) is 3.63. The standard InChI is InChI=1S/C14H18O/c1-8-6-9(2)12-11(10(8)3)7-14(4,5)13(12)15/h6H,7H2,1-5H3. The number of fused-ring (bicyclic) bond motifs is 1. The van der Waals surface area contributed by atoms with E-state index in [9.17, 15) is 4.79 Å². The predicted molar refractivity (Wildman–Crippen MR) is 62.5 cm³/mol. The van der Waals surface area contributed by atoms with E-state index in [2.05, 4.69) is 19.9 Å². The van der Waals surface area contributed by atoms with E-state index in [1.165, 1.54) is 16.7 Å². The highest BCUT2D eigenvalue weighted by atomic mass is 16.1. The van der Waals surface area contributed by atoms with Crippen molar-refractivity contribution in [2.45, 2.75) is 41.0 Å². The van der Waals surface area contributed by atoms with Crippen LogP contribution in [-0.2, 0) is 6.42 Å². The number of hydrogen-bond donors (Lipinski definition) is 0. The zero-order chi connectivity index (χ0) is 11.4. The second kappa shape index (κ2) is 2.94. The summed E-state index contributed by atoms with van der Waals surface area (Å²) in [5.41, 5.74) is 5.81. The van der Waals surface area contributed by atoms with Crippen LogP contribution in [0.4, 0.5) is 0 Å². The average Bonchev–Trinajstić information content (AvgIpc) is 2.35. The van der Waals surface area contributed by atoms with Crippen LogP contribution in [0.2, 0.25) is 0 Å². The maximum Gasteiger partial charge on any atom is 0.169 e. The Hall–Kier alpha value is -1.11.